The summed E-state index contributed by atoms with van der Waals surface area (Å²) < 4.78 is 5.35. The lowest BCUT2D eigenvalue weighted by molar-refractivity contribution is 0.432. The molecule has 3 aromatic rings. The fourth-order valence-electron chi connectivity index (χ4n) is 2.23. The molecule has 3 rings (SSSR count). The predicted octanol–water partition coefficient (Wildman–Crippen LogP) is 2.94. The fourth-order valence-corrected chi connectivity index (χ4v) is 2.23. The summed E-state index contributed by atoms with van der Waals surface area (Å²) in [5.41, 5.74) is 11.0. The van der Waals surface area contributed by atoms with E-state index in [1.165, 1.54) is 0 Å². The summed E-state index contributed by atoms with van der Waals surface area (Å²) in [6, 6.07) is 16.7. The lowest BCUT2D eigenvalue weighted by Crippen LogP contribution is -2.21. The summed E-state index contributed by atoms with van der Waals surface area (Å²) in [4.78, 5) is 4.42. The van der Waals surface area contributed by atoms with Crippen LogP contribution in [0.1, 0.15) is 5.56 Å². The van der Waals surface area contributed by atoms with Gasteiger partial charge in [0.15, 0.2) is 5.84 Å². The molecule has 0 bridgehead atoms. The van der Waals surface area contributed by atoms with E-state index in [1.807, 2.05) is 37.3 Å². The highest BCUT2D eigenvalue weighted by Crippen LogP contribution is 2.24. The standard InChI is InChI=1S/C18H15N7O/c1-11-4-2-5-12(8-11)17-22-18(26-25-17)13-6-3-7-14(9-13)23-24-15(10-19)16(20)21/h2-9,23H,1H3,(H3,20,21)/b24-15+. The minimum absolute atomic E-state index is 0.199. The average Bonchev–Trinajstić information content (AvgIpc) is 3.12. The number of hydrazone groups is 1. The largest absolute Gasteiger partial charge is 0.382 e. The molecule has 4 N–H and O–H groups in total. The monoisotopic (exact) mass is 345 g/mol. The summed E-state index contributed by atoms with van der Waals surface area (Å²) >= 11 is 0. The highest BCUT2D eigenvalue weighted by molar-refractivity contribution is 6.45. The minimum atomic E-state index is -0.407. The molecule has 8 nitrogen and oxygen atoms in total. The zero-order valence-electron chi connectivity index (χ0n) is 13.9. The maximum absolute atomic E-state index is 8.86. The molecule has 0 saturated heterocycles. The van der Waals surface area contributed by atoms with Crippen LogP contribution in [0.4, 0.5) is 5.69 Å². The highest BCUT2D eigenvalue weighted by atomic mass is 16.5. The van der Waals surface area contributed by atoms with Gasteiger partial charge in [0.2, 0.25) is 11.5 Å². The maximum Gasteiger partial charge on any atom is 0.258 e. The van der Waals surface area contributed by atoms with Gasteiger partial charge in [-0.1, -0.05) is 35.0 Å². The lowest BCUT2D eigenvalue weighted by atomic mass is 10.1. The molecule has 1 heterocycles. The van der Waals surface area contributed by atoms with Crippen molar-refractivity contribution in [2.45, 2.75) is 6.92 Å². The third kappa shape index (κ3) is 3.73. The molecule has 128 valence electrons. The molecule has 26 heavy (non-hydrogen) atoms. The second-order valence-corrected chi connectivity index (χ2v) is 5.47. The number of amidine groups is 1. The van der Waals surface area contributed by atoms with Crippen LogP contribution in [0.5, 0.6) is 0 Å². The van der Waals surface area contributed by atoms with Gasteiger partial charge in [-0.2, -0.15) is 15.3 Å². The average molecular weight is 345 g/mol. The Morgan fingerprint density at radius 1 is 1.23 bits per heavy atom. The van der Waals surface area contributed by atoms with Gasteiger partial charge in [0.1, 0.15) is 6.07 Å². The van der Waals surface area contributed by atoms with Gasteiger partial charge in [-0.05, 0) is 31.2 Å². The third-order valence-electron chi connectivity index (χ3n) is 3.47. The first-order chi connectivity index (χ1) is 12.6. The Hall–Kier alpha value is -3.99. The molecule has 0 aliphatic heterocycles. The smallest absolute Gasteiger partial charge is 0.258 e. The molecule has 0 aliphatic rings. The molecule has 0 saturated carbocycles. The van der Waals surface area contributed by atoms with Crippen molar-refractivity contribution >= 4 is 17.2 Å². The van der Waals surface area contributed by atoms with Crippen molar-refractivity contribution in [3.05, 3.63) is 54.1 Å². The van der Waals surface area contributed by atoms with E-state index in [-0.39, 0.29) is 5.71 Å². The molecule has 1 aromatic heterocycles. The molecule has 8 heteroatoms. The number of nitriles is 1. The van der Waals surface area contributed by atoms with Gasteiger partial charge < -0.3 is 10.3 Å². The van der Waals surface area contributed by atoms with Crippen LogP contribution < -0.4 is 11.2 Å². The van der Waals surface area contributed by atoms with Crippen molar-refractivity contribution in [2.75, 3.05) is 5.43 Å². The Morgan fingerprint density at radius 2 is 2.00 bits per heavy atom. The number of anilines is 1. The first-order valence-electron chi connectivity index (χ1n) is 7.66. The summed E-state index contributed by atoms with van der Waals surface area (Å²) in [5.74, 6) is 0.459. The van der Waals surface area contributed by atoms with Crippen LogP contribution >= 0.6 is 0 Å². The maximum atomic E-state index is 8.86. The minimum Gasteiger partial charge on any atom is -0.382 e. The van der Waals surface area contributed by atoms with Gasteiger partial charge in [0, 0.05) is 11.1 Å². The van der Waals surface area contributed by atoms with Crippen molar-refractivity contribution in [2.24, 2.45) is 10.8 Å². The summed E-state index contributed by atoms with van der Waals surface area (Å²) in [5, 5.41) is 23.9. The predicted molar refractivity (Wildman–Crippen MR) is 98.5 cm³/mol. The van der Waals surface area contributed by atoms with Gasteiger partial charge in [-0.15, -0.1) is 0 Å². The van der Waals surface area contributed by atoms with Crippen LogP contribution in [0.25, 0.3) is 22.8 Å². The van der Waals surface area contributed by atoms with E-state index in [0.29, 0.717) is 23.0 Å². The number of rotatable bonds is 5. The zero-order valence-corrected chi connectivity index (χ0v) is 13.9. The summed E-state index contributed by atoms with van der Waals surface area (Å²) in [6.07, 6.45) is 0. The van der Waals surface area contributed by atoms with E-state index in [9.17, 15) is 0 Å². The zero-order chi connectivity index (χ0) is 18.5. The summed E-state index contributed by atoms with van der Waals surface area (Å²) in [6.45, 7) is 2.00. The SMILES string of the molecule is Cc1cccc(-c2noc(-c3cccc(N/N=C(\C#N)C(=N)N)c3)n2)c1. The number of benzene rings is 2. The normalized spacial score (nSPS) is 11.0. The van der Waals surface area contributed by atoms with Crippen molar-refractivity contribution < 1.29 is 4.52 Å². The summed E-state index contributed by atoms with van der Waals surface area (Å²) in [7, 11) is 0. The topological polar surface area (TPSA) is 137 Å². The van der Waals surface area contributed by atoms with Crippen LogP contribution in [0.2, 0.25) is 0 Å². The number of nitrogens with two attached hydrogens (primary N) is 1. The first kappa shape index (κ1) is 16.9. The van der Waals surface area contributed by atoms with E-state index in [1.54, 1.807) is 24.3 Å². The molecule has 0 unspecified atom stereocenters. The Morgan fingerprint density at radius 3 is 2.73 bits per heavy atom. The fraction of sp³-hybridized carbons (Fsp3) is 0.0556. The second-order valence-electron chi connectivity index (χ2n) is 5.47. The molecule has 0 radical (unpaired) electrons. The number of nitrogens with zero attached hydrogens (tertiary/aromatic N) is 4. The molecular weight excluding hydrogens is 330 g/mol. The lowest BCUT2D eigenvalue weighted by Gasteiger charge is -2.02. The van der Waals surface area contributed by atoms with Crippen LogP contribution in [0.3, 0.4) is 0 Å². The highest BCUT2D eigenvalue weighted by Gasteiger charge is 2.11. The van der Waals surface area contributed by atoms with Crippen molar-refractivity contribution in [3.63, 3.8) is 0 Å². The van der Waals surface area contributed by atoms with Crippen LogP contribution in [-0.4, -0.2) is 21.7 Å². The van der Waals surface area contributed by atoms with Crippen LogP contribution in [-0.2, 0) is 0 Å². The Bertz CT molecular complexity index is 1030. The van der Waals surface area contributed by atoms with Gasteiger partial charge in [-0.25, -0.2) is 0 Å². The van der Waals surface area contributed by atoms with E-state index in [2.05, 4.69) is 20.7 Å². The van der Waals surface area contributed by atoms with Crippen molar-refractivity contribution in [1.29, 1.82) is 10.7 Å². The first-order valence-corrected chi connectivity index (χ1v) is 7.66. The Kier molecular flexibility index (Phi) is 4.71. The van der Waals surface area contributed by atoms with E-state index in [0.717, 1.165) is 11.1 Å². The van der Waals surface area contributed by atoms with E-state index < -0.39 is 5.84 Å². The Labute approximate surface area is 149 Å². The quantitative estimate of drug-likeness (QED) is 0.369. The van der Waals surface area contributed by atoms with Gasteiger partial charge in [-0.3, -0.25) is 10.8 Å². The third-order valence-corrected chi connectivity index (χ3v) is 3.47. The van der Waals surface area contributed by atoms with E-state index >= 15 is 0 Å². The molecular formula is C18H15N7O. The van der Waals surface area contributed by atoms with Gasteiger partial charge in [0.05, 0.1) is 5.69 Å². The van der Waals surface area contributed by atoms with Gasteiger partial charge in [0.25, 0.3) is 5.89 Å². The van der Waals surface area contributed by atoms with Crippen molar-refractivity contribution in [1.82, 2.24) is 10.1 Å². The number of hydrogen-bond acceptors (Lipinski definition) is 7. The molecule has 0 aliphatic carbocycles. The Balaban J connectivity index is 1.85. The molecule has 2 aromatic carbocycles. The van der Waals surface area contributed by atoms with E-state index in [4.69, 9.17) is 20.9 Å². The number of hydrogen-bond donors (Lipinski definition) is 3. The van der Waals surface area contributed by atoms with Crippen LogP contribution in [0.15, 0.2) is 58.2 Å². The molecule has 0 atom stereocenters. The molecule has 0 amide bonds. The van der Waals surface area contributed by atoms with Crippen LogP contribution in [0, 0.1) is 23.7 Å². The number of aromatic nitrogens is 2. The number of nitrogens with one attached hydrogen (secondary N) is 2. The van der Waals surface area contributed by atoms with Gasteiger partial charge >= 0.3 is 0 Å². The number of aryl methyl sites for hydroxylation is 1. The molecule has 0 spiro atoms. The molecule has 0 fully saturated rings. The van der Waals surface area contributed by atoms with Crippen molar-refractivity contribution in [3.8, 4) is 28.9 Å². The second kappa shape index (κ2) is 7.27.